The minimum atomic E-state index is -4.26. The Bertz CT molecular complexity index is 756. The van der Waals surface area contributed by atoms with Gasteiger partial charge in [0, 0.05) is 13.2 Å². The average molecular weight is 734 g/mol. The fraction of sp³-hybridized carbons (Fsp3) is 0.976. The molecular formula is C41H84NO7P. The molecule has 2 unspecified atom stereocenters. The molecular weight excluding hydrogens is 649 g/mol. The molecule has 0 aromatic rings. The Labute approximate surface area is 310 Å². The van der Waals surface area contributed by atoms with Crippen molar-refractivity contribution in [3.05, 3.63) is 0 Å². The van der Waals surface area contributed by atoms with Crippen molar-refractivity contribution >= 4 is 13.8 Å². The lowest BCUT2D eigenvalue weighted by atomic mass is 9.95. The van der Waals surface area contributed by atoms with Crippen molar-refractivity contribution < 1.29 is 32.8 Å². The first kappa shape index (κ1) is 49.5. The van der Waals surface area contributed by atoms with E-state index in [1.165, 1.54) is 141 Å². The SMILES string of the molecule is CCCCCCCCCCCCCCCCO[C@H](COC(=O)C(CCCC)CCCCCCCCCCCCCC)COP(=O)(O)OCCN. The molecule has 3 atom stereocenters. The zero-order valence-corrected chi connectivity index (χ0v) is 34.2. The second-order valence-electron chi connectivity index (χ2n) is 14.6. The number of esters is 1. The predicted molar refractivity (Wildman–Crippen MR) is 211 cm³/mol. The van der Waals surface area contributed by atoms with Crippen LogP contribution in [0.4, 0.5) is 0 Å². The molecule has 0 spiro atoms. The van der Waals surface area contributed by atoms with Crippen LogP contribution in [0.15, 0.2) is 0 Å². The summed E-state index contributed by atoms with van der Waals surface area (Å²) in [6.07, 6.45) is 36.5. The Kier molecular flexibility index (Phi) is 37.8. The number of carbonyl (C=O) groups is 1. The Balaban J connectivity index is 4.46. The number of phosphoric ester groups is 1. The smallest absolute Gasteiger partial charge is 0.463 e. The van der Waals surface area contributed by atoms with Gasteiger partial charge in [-0.1, -0.05) is 194 Å². The minimum Gasteiger partial charge on any atom is -0.463 e. The molecule has 0 bridgehead atoms. The Hall–Kier alpha value is -0.500. The van der Waals surface area contributed by atoms with Gasteiger partial charge in [0.25, 0.3) is 0 Å². The van der Waals surface area contributed by atoms with E-state index in [9.17, 15) is 14.3 Å². The van der Waals surface area contributed by atoms with Gasteiger partial charge in [-0.3, -0.25) is 13.8 Å². The van der Waals surface area contributed by atoms with Crippen LogP contribution in [0, 0.1) is 5.92 Å². The molecule has 0 aliphatic heterocycles. The van der Waals surface area contributed by atoms with Gasteiger partial charge in [-0.05, 0) is 19.3 Å². The monoisotopic (exact) mass is 734 g/mol. The van der Waals surface area contributed by atoms with Crippen molar-refractivity contribution in [2.45, 2.75) is 219 Å². The van der Waals surface area contributed by atoms with Gasteiger partial charge in [0.1, 0.15) is 12.7 Å². The molecule has 0 heterocycles. The normalized spacial score (nSPS) is 14.1. The van der Waals surface area contributed by atoms with E-state index < -0.39 is 13.9 Å². The van der Waals surface area contributed by atoms with E-state index in [0.717, 1.165) is 51.4 Å². The quantitative estimate of drug-likeness (QED) is 0.0362. The van der Waals surface area contributed by atoms with E-state index in [-0.39, 0.29) is 38.3 Å². The van der Waals surface area contributed by atoms with E-state index in [2.05, 4.69) is 20.8 Å². The maximum atomic E-state index is 13.2. The van der Waals surface area contributed by atoms with E-state index in [1.807, 2.05) is 0 Å². The number of unbranched alkanes of at least 4 members (excludes halogenated alkanes) is 25. The highest BCUT2D eigenvalue weighted by Gasteiger charge is 2.26. The van der Waals surface area contributed by atoms with Crippen LogP contribution >= 0.6 is 7.82 Å². The number of ether oxygens (including phenoxy) is 2. The topological polar surface area (TPSA) is 117 Å². The second-order valence-corrected chi connectivity index (χ2v) is 16.1. The molecule has 0 rings (SSSR count). The molecule has 0 fully saturated rings. The van der Waals surface area contributed by atoms with Crippen LogP contribution in [0.2, 0.25) is 0 Å². The molecule has 0 amide bonds. The van der Waals surface area contributed by atoms with Crippen molar-refractivity contribution in [3.8, 4) is 0 Å². The highest BCUT2D eigenvalue weighted by atomic mass is 31.2. The second kappa shape index (κ2) is 38.2. The van der Waals surface area contributed by atoms with Crippen molar-refractivity contribution in [3.63, 3.8) is 0 Å². The van der Waals surface area contributed by atoms with E-state index >= 15 is 0 Å². The molecule has 0 saturated carbocycles. The molecule has 0 saturated heterocycles. The van der Waals surface area contributed by atoms with Crippen molar-refractivity contribution in [1.82, 2.24) is 0 Å². The zero-order chi connectivity index (χ0) is 36.8. The standard InChI is InChI=1S/C41H84NO7P/c1-4-7-10-12-14-16-18-20-21-23-25-27-29-31-35-46-40(38-49-50(44,45)48-36-34-42)37-47-41(43)39(32-9-6-3)33-30-28-26-24-22-19-17-15-13-11-8-5-2/h39-40H,4-38,42H2,1-3H3,(H,44,45)/t39?,40-/m1/s1. The van der Waals surface area contributed by atoms with Gasteiger partial charge in [0.2, 0.25) is 0 Å². The summed E-state index contributed by atoms with van der Waals surface area (Å²) in [5, 5.41) is 0. The van der Waals surface area contributed by atoms with Gasteiger partial charge >= 0.3 is 13.8 Å². The predicted octanol–water partition coefficient (Wildman–Crippen LogP) is 12.4. The van der Waals surface area contributed by atoms with Gasteiger partial charge in [-0.15, -0.1) is 0 Å². The van der Waals surface area contributed by atoms with Crippen LogP contribution in [-0.2, 0) is 27.9 Å². The molecule has 300 valence electrons. The minimum absolute atomic E-state index is 0.00457. The highest BCUT2D eigenvalue weighted by molar-refractivity contribution is 7.47. The highest BCUT2D eigenvalue weighted by Crippen LogP contribution is 2.43. The first-order valence-electron chi connectivity index (χ1n) is 21.5. The van der Waals surface area contributed by atoms with Gasteiger partial charge in [-0.25, -0.2) is 4.57 Å². The number of carbonyl (C=O) groups excluding carboxylic acids is 1. The largest absolute Gasteiger partial charge is 0.472 e. The van der Waals surface area contributed by atoms with Crippen molar-refractivity contribution in [2.75, 3.05) is 33.0 Å². The Morgan fingerprint density at radius 2 is 0.940 bits per heavy atom. The summed E-state index contributed by atoms with van der Waals surface area (Å²) >= 11 is 0. The molecule has 8 nitrogen and oxygen atoms in total. The summed E-state index contributed by atoms with van der Waals surface area (Å²) in [6, 6.07) is 0. The van der Waals surface area contributed by atoms with Crippen LogP contribution < -0.4 is 5.73 Å². The molecule has 0 aliphatic carbocycles. The maximum absolute atomic E-state index is 13.2. The fourth-order valence-electron chi connectivity index (χ4n) is 6.43. The summed E-state index contributed by atoms with van der Waals surface area (Å²) in [7, 11) is -4.26. The Morgan fingerprint density at radius 1 is 0.540 bits per heavy atom. The summed E-state index contributed by atoms with van der Waals surface area (Å²) in [4.78, 5) is 23.2. The first-order valence-corrected chi connectivity index (χ1v) is 23.0. The number of rotatable bonds is 41. The van der Waals surface area contributed by atoms with E-state index in [0.29, 0.717) is 6.61 Å². The van der Waals surface area contributed by atoms with Crippen LogP contribution in [0.3, 0.4) is 0 Å². The summed E-state index contributed by atoms with van der Waals surface area (Å²) in [5.41, 5.74) is 5.40. The summed E-state index contributed by atoms with van der Waals surface area (Å²) < 4.78 is 34.1. The van der Waals surface area contributed by atoms with Gasteiger partial charge < -0.3 is 20.1 Å². The first-order chi connectivity index (χ1) is 24.4. The number of nitrogens with two attached hydrogens (primary N) is 1. The third-order valence-electron chi connectivity index (χ3n) is 9.70. The van der Waals surface area contributed by atoms with E-state index in [1.54, 1.807) is 0 Å². The summed E-state index contributed by atoms with van der Waals surface area (Å²) in [6.45, 7) is 7.00. The van der Waals surface area contributed by atoms with Crippen LogP contribution in [0.1, 0.15) is 213 Å². The zero-order valence-electron chi connectivity index (χ0n) is 33.3. The molecule has 0 aliphatic rings. The summed E-state index contributed by atoms with van der Waals surface area (Å²) in [5.74, 6) is -0.319. The lowest BCUT2D eigenvalue weighted by molar-refractivity contribution is -0.154. The van der Waals surface area contributed by atoms with E-state index in [4.69, 9.17) is 24.3 Å². The average Bonchev–Trinajstić information content (AvgIpc) is 3.11. The fourth-order valence-corrected chi connectivity index (χ4v) is 7.19. The number of hydrogen-bond donors (Lipinski definition) is 2. The number of phosphoric acid groups is 1. The maximum Gasteiger partial charge on any atom is 0.472 e. The molecule has 0 aromatic heterocycles. The lowest BCUT2D eigenvalue weighted by Gasteiger charge is -2.22. The van der Waals surface area contributed by atoms with Crippen molar-refractivity contribution in [1.29, 1.82) is 0 Å². The van der Waals surface area contributed by atoms with Gasteiger partial charge in [0.15, 0.2) is 0 Å². The Morgan fingerprint density at radius 3 is 1.38 bits per heavy atom. The van der Waals surface area contributed by atoms with Gasteiger partial charge in [-0.2, -0.15) is 0 Å². The third kappa shape index (κ3) is 34.6. The van der Waals surface area contributed by atoms with Crippen molar-refractivity contribution in [2.24, 2.45) is 11.7 Å². The number of hydrogen-bond acceptors (Lipinski definition) is 7. The molecule has 9 heteroatoms. The molecule has 0 radical (unpaired) electrons. The van der Waals surface area contributed by atoms with Gasteiger partial charge in [0.05, 0.1) is 19.1 Å². The lowest BCUT2D eigenvalue weighted by Crippen LogP contribution is -2.29. The molecule has 0 aromatic carbocycles. The van der Waals surface area contributed by atoms with Crippen LogP contribution in [0.5, 0.6) is 0 Å². The molecule has 50 heavy (non-hydrogen) atoms. The van der Waals surface area contributed by atoms with Crippen LogP contribution in [0.25, 0.3) is 0 Å². The molecule has 3 N–H and O–H groups in total. The third-order valence-corrected chi connectivity index (χ3v) is 10.7. The van der Waals surface area contributed by atoms with Crippen LogP contribution in [-0.4, -0.2) is 49.9 Å².